The molecule has 0 saturated heterocycles. The van der Waals surface area contributed by atoms with Crippen LogP contribution < -0.4 is 16.0 Å². The maximum Gasteiger partial charge on any atom is 0.243 e. The SMILES string of the molecule is CCc1cccc(NC(=O)CNC(=NC)NCc2ccco2)c1.I. The first-order valence-corrected chi connectivity index (χ1v) is 7.57. The van der Waals surface area contributed by atoms with Gasteiger partial charge in [0, 0.05) is 12.7 Å². The van der Waals surface area contributed by atoms with Gasteiger partial charge in [0.05, 0.1) is 19.4 Å². The van der Waals surface area contributed by atoms with Crippen molar-refractivity contribution in [2.24, 2.45) is 4.99 Å². The number of benzene rings is 1. The van der Waals surface area contributed by atoms with E-state index in [0.717, 1.165) is 17.9 Å². The number of nitrogens with one attached hydrogen (secondary N) is 3. The molecule has 2 rings (SSSR count). The summed E-state index contributed by atoms with van der Waals surface area (Å²) < 4.78 is 5.23. The predicted molar refractivity (Wildman–Crippen MR) is 107 cm³/mol. The summed E-state index contributed by atoms with van der Waals surface area (Å²) in [4.78, 5) is 16.1. The fourth-order valence-corrected chi connectivity index (χ4v) is 2.04. The Morgan fingerprint density at radius 3 is 2.71 bits per heavy atom. The lowest BCUT2D eigenvalue weighted by atomic mass is 10.1. The molecule has 3 N–H and O–H groups in total. The maximum absolute atomic E-state index is 12.0. The van der Waals surface area contributed by atoms with Gasteiger partial charge >= 0.3 is 0 Å². The minimum atomic E-state index is -0.126. The standard InChI is InChI=1S/C17H22N4O2.HI/c1-3-13-6-4-7-14(10-13)21-16(22)12-20-17(18-2)19-11-15-8-5-9-23-15;/h4-10H,3,11-12H2,1-2H3,(H,21,22)(H2,18,19,20);1H. The van der Waals surface area contributed by atoms with E-state index in [1.54, 1.807) is 13.3 Å². The van der Waals surface area contributed by atoms with E-state index in [1.807, 2.05) is 36.4 Å². The molecule has 0 saturated carbocycles. The Balaban J connectivity index is 0.00000288. The summed E-state index contributed by atoms with van der Waals surface area (Å²) in [5.74, 6) is 1.21. The third-order valence-corrected chi connectivity index (χ3v) is 3.27. The van der Waals surface area contributed by atoms with Gasteiger partial charge < -0.3 is 20.4 Å². The van der Waals surface area contributed by atoms with Crippen molar-refractivity contribution in [3.05, 3.63) is 54.0 Å². The van der Waals surface area contributed by atoms with E-state index in [2.05, 4.69) is 27.9 Å². The maximum atomic E-state index is 12.0. The first-order chi connectivity index (χ1) is 11.2. The Bertz CT molecular complexity index is 656. The van der Waals surface area contributed by atoms with Crippen LogP contribution in [-0.4, -0.2) is 25.5 Å². The summed E-state index contributed by atoms with van der Waals surface area (Å²) >= 11 is 0. The van der Waals surface area contributed by atoms with Crippen LogP contribution in [0.15, 0.2) is 52.1 Å². The normalized spacial score (nSPS) is 10.7. The molecule has 0 aliphatic heterocycles. The van der Waals surface area contributed by atoms with Gasteiger partial charge in [0.25, 0.3) is 0 Å². The van der Waals surface area contributed by atoms with Crippen LogP contribution in [0.5, 0.6) is 0 Å². The largest absolute Gasteiger partial charge is 0.467 e. The highest BCUT2D eigenvalue weighted by Gasteiger charge is 2.05. The number of hydrogen-bond donors (Lipinski definition) is 3. The van der Waals surface area contributed by atoms with Crippen molar-refractivity contribution in [1.29, 1.82) is 0 Å². The number of carbonyl (C=O) groups is 1. The number of anilines is 1. The molecule has 0 aliphatic rings. The molecule has 1 aromatic heterocycles. The fraction of sp³-hybridized carbons (Fsp3) is 0.294. The molecule has 1 heterocycles. The molecule has 0 atom stereocenters. The Labute approximate surface area is 159 Å². The smallest absolute Gasteiger partial charge is 0.243 e. The number of carbonyl (C=O) groups excluding carboxylic acids is 1. The zero-order valence-electron chi connectivity index (χ0n) is 13.8. The molecule has 130 valence electrons. The summed E-state index contributed by atoms with van der Waals surface area (Å²) in [7, 11) is 1.65. The molecule has 7 heteroatoms. The van der Waals surface area contributed by atoms with Crippen molar-refractivity contribution >= 4 is 41.5 Å². The summed E-state index contributed by atoms with van der Waals surface area (Å²) in [6.07, 6.45) is 2.55. The molecule has 0 aliphatic carbocycles. The minimum absolute atomic E-state index is 0. The quantitative estimate of drug-likeness (QED) is 0.365. The molecule has 1 amide bonds. The summed E-state index contributed by atoms with van der Waals surface area (Å²) in [5.41, 5.74) is 1.99. The topological polar surface area (TPSA) is 78.7 Å². The number of halogens is 1. The van der Waals surface area contributed by atoms with Gasteiger partial charge in [-0.2, -0.15) is 0 Å². The van der Waals surface area contributed by atoms with E-state index in [-0.39, 0.29) is 36.4 Å². The van der Waals surface area contributed by atoms with Gasteiger partial charge in [-0.05, 0) is 36.2 Å². The van der Waals surface area contributed by atoms with Crippen molar-refractivity contribution in [3.8, 4) is 0 Å². The van der Waals surface area contributed by atoms with Crippen LogP contribution in [0, 0.1) is 0 Å². The molecule has 6 nitrogen and oxygen atoms in total. The van der Waals surface area contributed by atoms with Crippen LogP contribution in [0.3, 0.4) is 0 Å². The van der Waals surface area contributed by atoms with E-state index in [9.17, 15) is 4.79 Å². The van der Waals surface area contributed by atoms with Gasteiger partial charge in [-0.25, -0.2) is 0 Å². The molecule has 0 unspecified atom stereocenters. The second-order valence-electron chi connectivity index (χ2n) is 4.96. The highest BCUT2D eigenvalue weighted by molar-refractivity contribution is 14.0. The number of amides is 1. The van der Waals surface area contributed by atoms with E-state index in [4.69, 9.17) is 4.42 Å². The van der Waals surface area contributed by atoms with Crippen molar-refractivity contribution in [1.82, 2.24) is 10.6 Å². The lowest BCUT2D eigenvalue weighted by Crippen LogP contribution is -2.41. The third-order valence-electron chi connectivity index (χ3n) is 3.27. The van der Waals surface area contributed by atoms with E-state index in [1.165, 1.54) is 5.56 Å². The van der Waals surface area contributed by atoms with Gasteiger partial charge in [-0.15, -0.1) is 24.0 Å². The first kappa shape index (κ1) is 20.0. The molecule has 0 radical (unpaired) electrons. The molecule has 0 bridgehead atoms. The van der Waals surface area contributed by atoms with E-state index < -0.39 is 0 Å². The highest BCUT2D eigenvalue weighted by atomic mass is 127. The van der Waals surface area contributed by atoms with Crippen molar-refractivity contribution in [2.75, 3.05) is 18.9 Å². The zero-order valence-corrected chi connectivity index (χ0v) is 16.2. The van der Waals surface area contributed by atoms with Crippen LogP contribution in [0.4, 0.5) is 5.69 Å². The Morgan fingerprint density at radius 2 is 2.04 bits per heavy atom. The summed E-state index contributed by atoms with van der Waals surface area (Å²) in [6, 6.07) is 11.5. The van der Waals surface area contributed by atoms with Crippen molar-refractivity contribution in [3.63, 3.8) is 0 Å². The van der Waals surface area contributed by atoms with Crippen LogP contribution >= 0.6 is 24.0 Å². The fourth-order valence-electron chi connectivity index (χ4n) is 2.04. The Kier molecular flexibility index (Phi) is 8.92. The average molecular weight is 442 g/mol. The second-order valence-corrected chi connectivity index (χ2v) is 4.96. The van der Waals surface area contributed by atoms with E-state index >= 15 is 0 Å². The van der Waals surface area contributed by atoms with Crippen LogP contribution in [0.25, 0.3) is 0 Å². The zero-order chi connectivity index (χ0) is 16.5. The number of hydrogen-bond acceptors (Lipinski definition) is 3. The van der Waals surface area contributed by atoms with E-state index in [0.29, 0.717) is 12.5 Å². The second kappa shape index (κ2) is 10.7. The number of furan rings is 1. The number of aliphatic imine (C=N–C) groups is 1. The van der Waals surface area contributed by atoms with Gasteiger partial charge in [0.15, 0.2) is 5.96 Å². The molecular weight excluding hydrogens is 419 g/mol. The van der Waals surface area contributed by atoms with Gasteiger partial charge in [-0.1, -0.05) is 19.1 Å². The molecule has 2 aromatic rings. The third kappa shape index (κ3) is 6.61. The Morgan fingerprint density at radius 1 is 1.21 bits per heavy atom. The highest BCUT2D eigenvalue weighted by Crippen LogP contribution is 2.10. The number of guanidine groups is 1. The molecule has 24 heavy (non-hydrogen) atoms. The predicted octanol–water partition coefficient (Wildman–Crippen LogP) is 2.76. The number of aryl methyl sites for hydroxylation is 1. The van der Waals surface area contributed by atoms with Crippen molar-refractivity contribution < 1.29 is 9.21 Å². The number of rotatable bonds is 6. The van der Waals surface area contributed by atoms with Crippen LogP contribution in [0.2, 0.25) is 0 Å². The first-order valence-electron chi connectivity index (χ1n) is 7.57. The van der Waals surface area contributed by atoms with Crippen LogP contribution in [0.1, 0.15) is 18.2 Å². The minimum Gasteiger partial charge on any atom is -0.467 e. The number of nitrogens with zero attached hydrogens (tertiary/aromatic N) is 1. The molecule has 1 aromatic carbocycles. The van der Waals surface area contributed by atoms with Crippen LogP contribution in [-0.2, 0) is 17.8 Å². The van der Waals surface area contributed by atoms with Crippen molar-refractivity contribution in [2.45, 2.75) is 19.9 Å². The average Bonchev–Trinajstić information content (AvgIpc) is 3.08. The Hall–Kier alpha value is -2.03. The molecule has 0 spiro atoms. The summed E-state index contributed by atoms with van der Waals surface area (Å²) in [6.45, 7) is 2.72. The summed E-state index contributed by atoms with van der Waals surface area (Å²) in [5, 5.41) is 8.90. The van der Waals surface area contributed by atoms with Gasteiger partial charge in [0.2, 0.25) is 5.91 Å². The molecule has 0 fully saturated rings. The molecular formula is C17H23IN4O2. The van der Waals surface area contributed by atoms with Gasteiger partial charge in [0.1, 0.15) is 5.76 Å². The monoisotopic (exact) mass is 442 g/mol. The lowest BCUT2D eigenvalue weighted by molar-refractivity contribution is -0.115. The lowest BCUT2D eigenvalue weighted by Gasteiger charge is -2.11. The van der Waals surface area contributed by atoms with Gasteiger partial charge in [-0.3, -0.25) is 9.79 Å².